The number of hydrogen-bond donors (Lipinski definition) is 1. The number of nitrogens with zero attached hydrogens (tertiary/aromatic N) is 1. The summed E-state index contributed by atoms with van der Waals surface area (Å²) in [5.74, 6) is -0.510. The second-order valence-corrected chi connectivity index (χ2v) is 11.3. The van der Waals surface area contributed by atoms with Crippen LogP contribution in [0.25, 0.3) is 11.1 Å². The van der Waals surface area contributed by atoms with Crippen molar-refractivity contribution in [3.8, 4) is 11.1 Å². The standard InChI is InChI=1S/C34H50N2O2/c1-3-4-5-6-7-8-9-10-11-12-13-14-15-16-23-36-27(2)24-32(34(35)38)31-25-30(21-22-33(31)36)29-19-17-28(26-37)18-20-29/h17-22,25-27,32H,3-16,23-24H2,1-2H3,(H2,35,38). The highest BCUT2D eigenvalue weighted by Gasteiger charge is 2.33. The predicted molar refractivity (Wildman–Crippen MR) is 161 cm³/mol. The molecule has 0 spiro atoms. The molecule has 2 unspecified atom stereocenters. The van der Waals surface area contributed by atoms with E-state index >= 15 is 0 Å². The normalized spacial score (nSPS) is 16.8. The summed E-state index contributed by atoms with van der Waals surface area (Å²) >= 11 is 0. The third-order valence-electron chi connectivity index (χ3n) is 8.30. The number of aldehydes is 1. The molecule has 0 bridgehead atoms. The molecule has 3 rings (SSSR count). The topological polar surface area (TPSA) is 63.4 Å². The number of amides is 1. The van der Waals surface area contributed by atoms with Gasteiger partial charge in [-0.1, -0.05) is 121 Å². The molecule has 208 valence electrons. The number of primary amides is 1. The number of carbonyl (C=O) groups is 2. The van der Waals surface area contributed by atoms with Gasteiger partial charge in [0.15, 0.2) is 0 Å². The summed E-state index contributed by atoms with van der Waals surface area (Å²) in [7, 11) is 0. The van der Waals surface area contributed by atoms with Crippen LogP contribution in [-0.4, -0.2) is 24.8 Å². The van der Waals surface area contributed by atoms with Crippen molar-refractivity contribution < 1.29 is 9.59 Å². The molecule has 1 aliphatic heterocycles. The van der Waals surface area contributed by atoms with Gasteiger partial charge in [-0.25, -0.2) is 0 Å². The summed E-state index contributed by atoms with van der Waals surface area (Å²) in [6.07, 6.45) is 20.7. The van der Waals surface area contributed by atoms with Crippen LogP contribution >= 0.6 is 0 Å². The van der Waals surface area contributed by atoms with Gasteiger partial charge in [0.05, 0.1) is 5.92 Å². The average Bonchev–Trinajstić information content (AvgIpc) is 2.93. The molecule has 0 radical (unpaired) electrons. The van der Waals surface area contributed by atoms with Crippen LogP contribution in [0.2, 0.25) is 0 Å². The number of nitrogens with two attached hydrogens (primary N) is 1. The van der Waals surface area contributed by atoms with Crippen molar-refractivity contribution in [2.24, 2.45) is 5.73 Å². The number of rotatable bonds is 18. The Labute approximate surface area is 231 Å². The molecule has 0 aromatic heterocycles. The number of benzene rings is 2. The minimum absolute atomic E-state index is 0.248. The van der Waals surface area contributed by atoms with Crippen LogP contribution in [-0.2, 0) is 4.79 Å². The second kappa shape index (κ2) is 16.4. The first-order valence-corrected chi connectivity index (χ1v) is 15.3. The summed E-state index contributed by atoms with van der Waals surface area (Å²) in [6.45, 7) is 5.52. The van der Waals surface area contributed by atoms with Crippen molar-refractivity contribution in [1.82, 2.24) is 0 Å². The molecule has 4 heteroatoms. The Bertz CT molecular complexity index is 984. The van der Waals surface area contributed by atoms with Crippen molar-refractivity contribution in [2.45, 2.75) is 122 Å². The fourth-order valence-corrected chi connectivity index (χ4v) is 5.95. The zero-order valence-electron chi connectivity index (χ0n) is 23.9. The molecule has 38 heavy (non-hydrogen) atoms. The highest BCUT2D eigenvalue weighted by atomic mass is 16.1. The SMILES string of the molecule is CCCCCCCCCCCCCCCCN1c2ccc(-c3ccc(C=O)cc3)cc2C(C(N)=O)CC1C. The smallest absolute Gasteiger partial charge is 0.225 e. The molecule has 1 amide bonds. The molecule has 0 saturated heterocycles. The van der Waals surface area contributed by atoms with E-state index in [4.69, 9.17) is 5.73 Å². The van der Waals surface area contributed by atoms with Gasteiger partial charge in [-0.2, -0.15) is 0 Å². The van der Waals surface area contributed by atoms with E-state index in [9.17, 15) is 9.59 Å². The largest absolute Gasteiger partial charge is 0.369 e. The van der Waals surface area contributed by atoms with E-state index in [0.29, 0.717) is 11.6 Å². The molecular formula is C34H50N2O2. The summed E-state index contributed by atoms with van der Waals surface area (Å²) in [5, 5.41) is 0. The molecule has 1 heterocycles. The van der Waals surface area contributed by atoms with Crippen molar-refractivity contribution in [3.63, 3.8) is 0 Å². The van der Waals surface area contributed by atoms with Gasteiger partial charge >= 0.3 is 0 Å². The highest BCUT2D eigenvalue weighted by Crippen LogP contribution is 2.40. The van der Waals surface area contributed by atoms with Crippen LogP contribution in [0.5, 0.6) is 0 Å². The number of anilines is 1. The number of carbonyl (C=O) groups excluding carboxylic acids is 2. The minimum Gasteiger partial charge on any atom is -0.369 e. The first kappa shape index (κ1) is 29.9. The molecule has 4 nitrogen and oxygen atoms in total. The van der Waals surface area contributed by atoms with Gasteiger partial charge in [-0.05, 0) is 48.6 Å². The number of unbranched alkanes of at least 4 members (excludes halogenated alkanes) is 13. The van der Waals surface area contributed by atoms with Crippen LogP contribution in [0.4, 0.5) is 5.69 Å². The Kier molecular flexibility index (Phi) is 12.9. The van der Waals surface area contributed by atoms with Crippen LogP contribution in [0.1, 0.15) is 132 Å². The Balaban J connectivity index is 1.45. The molecule has 2 N–H and O–H groups in total. The van der Waals surface area contributed by atoms with Gasteiger partial charge in [0.1, 0.15) is 6.29 Å². The van der Waals surface area contributed by atoms with Gasteiger partial charge in [0.25, 0.3) is 0 Å². The van der Waals surface area contributed by atoms with Crippen molar-refractivity contribution in [1.29, 1.82) is 0 Å². The van der Waals surface area contributed by atoms with Crippen LogP contribution in [0, 0.1) is 0 Å². The van der Waals surface area contributed by atoms with E-state index in [1.807, 2.05) is 24.3 Å². The Morgan fingerprint density at radius 2 is 1.34 bits per heavy atom. The van der Waals surface area contributed by atoms with E-state index < -0.39 is 0 Å². The lowest BCUT2D eigenvalue weighted by atomic mass is 9.83. The van der Waals surface area contributed by atoms with E-state index in [0.717, 1.165) is 41.6 Å². The van der Waals surface area contributed by atoms with Gasteiger partial charge in [-0.15, -0.1) is 0 Å². The van der Waals surface area contributed by atoms with Crippen LogP contribution in [0.3, 0.4) is 0 Å². The van der Waals surface area contributed by atoms with Gasteiger partial charge in [-0.3, -0.25) is 9.59 Å². The Hall–Kier alpha value is -2.62. The lowest BCUT2D eigenvalue weighted by Crippen LogP contribution is -2.42. The van der Waals surface area contributed by atoms with Crippen molar-refractivity contribution in [3.05, 3.63) is 53.6 Å². The molecular weight excluding hydrogens is 468 g/mol. The molecule has 0 aliphatic carbocycles. The fourth-order valence-electron chi connectivity index (χ4n) is 5.95. The fraction of sp³-hybridized carbons (Fsp3) is 0.588. The Morgan fingerprint density at radius 3 is 1.87 bits per heavy atom. The van der Waals surface area contributed by atoms with Crippen molar-refractivity contribution >= 4 is 17.9 Å². The first-order chi connectivity index (χ1) is 18.5. The Morgan fingerprint density at radius 1 is 0.816 bits per heavy atom. The third kappa shape index (κ3) is 8.99. The first-order valence-electron chi connectivity index (χ1n) is 15.3. The van der Waals surface area contributed by atoms with Gasteiger partial charge < -0.3 is 10.6 Å². The molecule has 2 aromatic rings. The quantitative estimate of drug-likeness (QED) is 0.158. The lowest BCUT2D eigenvalue weighted by Gasteiger charge is -2.40. The maximum absolute atomic E-state index is 12.4. The molecule has 2 atom stereocenters. The van der Waals surface area contributed by atoms with E-state index in [-0.39, 0.29) is 11.8 Å². The number of hydrogen-bond acceptors (Lipinski definition) is 3. The zero-order valence-corrected chi connectivity index (χ0v) is 23.9. The second-order valence-electron chi connectivity index (χ2n) is 11.3. The van der Waals surface area contributed by atoms with Crippen LogP contribution < -0.4 is 10.6 Å². The third-order valence-corrected chi connectivity index (χ3v) is 8.30. The van der Waals surface area contributed by atoms with Crippen molar-refractivity contribution in [2.75, 3.05) is 11.4 Å². The highest BCUT2D eigenvalue weighted by molar-refractivity contribution is 5.86. The molecule has 0 saturated carbocycles. The lowest BCUT2D eigenvalue weighted by molar-refractivity contribution is -0.119. The molecule has 2 aromatic carbocycles. The molecule has 1 aliphatic rings. The maximum Gasteiger partial charge on any atom is 0.225 e. The van der Waals surface area contributed by atoms with Crippen LogP contribution in [0.15, 0.2) is 42.5 Å². The molecule has 0 fully saturated rings. The summed E-state index contributed by atoms with van der Waals surface area (Å²) in [5.41, 5.74) is 10.8. The summed E-state index contributed by atoms with van der Waals surface area (Å²) < 4.78 is 0. The van der Waals surface area contributed by atoms with E-state index in [2.05, 4.69) is 36.9 Å². The summed E-state index contributed by atoms with van der Waals surface area (Å²) in [4.78, 5) is 25.9. The van der Waals surface area contributed by atoms with E-state index in [1.165, 1.54) is 89.9 Å². The zero-order chi connectivity index (χ0) is 27.2. The van der Waals surface area contributed by atoms with Gasteiger partial charge in [0.2, 0.25) is 5.91 Å². The average molecular weight is 519 g/mol. The van der Waals surface area contributed by atoms with E-state index in [1.54, 1.807) is 0 Å². The maximum atomic E-state index is 12.4. The monoisotopic (exact) mass is 518 g/mol. The number of fused-ring (bicyclic) bond motifs is 1. The minimum atomic E-state index is -0.262. The predicted octanol–water partition coefficient (Wildman–Crippen LogP) is 8.81. The van der Waals surface area contributed by atoms with Gasteiger partial charge in [0, 0.05) is 23.8 Å². The summed E-state index contributed by atoms with van der Waals surface area (Å²) in [6, 6.07) is 14.3.